The largest absolute Gasteiger partial charge is 0.497 e. The van der Waals surface area contributed by atoms with Gasteiger partial charge in [0.05, 0.1) is 20.8 Å². The number of hydrogen-bond acceptors (Lipinski definition) is 5. The van der Waals surface area contributed by atoms with E-state index < -0.39 is 0 Å². The maximum Gasteiger partial charge on any atom is 0.191 e. The second-order valence-corrected chi connectivity index (χ2v) is 8.25. The lowest BCUT2D eigenvalue weighted by Crippen LogP contribution is -2.49. The van der Waals surface area contributed by atoms with Gasteiger partial charge in [-0.3, -0.25) is 0 Å². The quantitative estimate of drug-likeness (QED) is 0.302. The Hall–Kier alpha value is -2.36. The van der Waals surface area contributed by atoms with Crippen molar-refractivity contribution < 1.29 is 14.2 Å². The zero-order valence-corrected chi connectivity index (χ0v) is 22.0. The highest BCUT2D eigenvalue weighted by molar-refractivity contribution is 14.0. The van der Waals surface area contributed by atoms with Crippen LogP contribution in [0.2, 0.25) is 0 Å². The van der Waals surface area contributed by atoms with E-state index in [0.29, 0.717) is 12.6 Å². The van der Waals surface area contributed by atoms with Crippen LogP contribution in [0.4, 0.5) is 5.69 Å². The molecule has 0 spiro atoms. The minimum absolute atomic E-state index is 0. The second kappa shape index (κ2) is 12.2. The van der Waals surface area contributed by atoms with Crippen LogP contribution in [0.1, 0.15) is 25.3 Å². The Bertz CT molecular complexity index is 884. The molecule has 2 heterocycles. The Morgan fingerprint density at radius 2 is 1.79 bits per heavy atom. The molecule has 1 fully saturated rings. The topological polar surface area (TPSA) is 67.4 Å². The highest BCUT2D eigenvalue weighted by Crippen LogP contribution is 2.30. The summed E-state index contributed by atoms with van der Waals surface area (Å²) in [4.78, 5) is 7.20. The summed E-state index contributed by atoms with van der Waals surface area (Å²) in [7, 11) is 3.37. The molecule has 4 rings (SSSR count). The first kappa shape index (κ1) is 25.3. The molecule has 7 nitrogen and oxygen atoms in total. The summed E-state index contributed by atoms with van der Waals surface area (Å²) in [6.45, 7) is 5.51. The van der Waals surface area contributed by atoms with Gasteiger partial charge >= 0.3 is 0 Å². The smallest absolute Gasteiger partial charge is 0.191 e. The van der Waals surface area contributed by atoms with E-state index in [0.717, 1.165) is 67.8 Å². The summed E-state index contributed by atoms with van der Waals surface area (Å²) < 4.78 is 16.9. The van der Waals surface area contributed by atoms with E-state index in [1.165, 1.54) is 5.56 Å². The van der Waals surface area contributed by atoms with E-state index in [1.54, 1.807) is 14.2 Å². The Morgan fingerprint density at radius 3 is 2.42 bits per heavy atom. The molecule has 1 unspecified atom stereocenters. The van der Waals surface area contributed by atoms with Crippen molar-refractivity contribution in [2.45, 2.75) is 38.3 Å². The zero-order valence-electron chi connectivity index (χ0n) is 19.7. The maximum atomic E-state index is 6.04. The van der Waals surface area contributed by atoms with Gasteiger partial charge in [0.15, 0.2) is 5.96 Å². The molecule has 0 radical (unpaired) electrons. The lowest BCUT2D eigenvalue weighted by molar-refractivity contribution is 0.241. The highest BCUT2D eigenvalue weighted by atomic mass is 127. The van der Waals surface area contributed by atoms with Crippen LogP contribution < -0.4 is 29.7 Å². The van der Waals surface area contributed by atoms with E-state index in [2.05, 4.69) is 46.7 Å². The van der Waals surface area contributed by atoms with Gasteiger partial charge in [-0.2, -0.15) is 0 Å². The van der Waals surface area contributed by atoms with Crippen molar-refractivity contribution in [3.05, 3.63) is 48.0 Å². The first-order chi connectivity index (χ1) is 15.7. The van der Waals surface area contributed by atoms with Gasteiger partial charge < -0.3 is 29.7 Å². The van der Waals surface area contributed by atoms with Gasteiger partial charge in [-0.15, -0.1) is 24.0 Å². The van der Waals surface area contributed by atoms with Gasteiger partial charge in [-0.25, -0.2) is 4.99 Å². The summed E-state index contributed by atoms with van der Waals surface area (Å²) >= 11 is 0. The van der Waals surface area contributed by atoms with Crippen molar-refractivity contribution in [3.63, 3.8) is 0 Å². The molecule has 2 aromatic rings. The fourth-order valence-corrected chi connectivity index (χ4v) is 4.32. The molecular weight excluding hydrogens is 531 g/mol. The third-order valence-corrected chi connectivity index (χ3v) is 6.05. The lowest BCUT2D eigenvalue weighted by atomic mass is 10.0. The minimum Gasteiger partial charge on any atom is -0.497 e. The number of halogens is 1. The average Bonchev–Trinajstić information content (AvgIpc) is 3.26. The number of aliphatic imine (C=N–C) groups is 1. The van der Waals surface area contributed by atoms with E-state index in [4.69, 9.17) is 19.2 Å². The number of guanidine groups is 1. The molecule has 0 amide bonds. The molecule has 2 aliphatic rings. The van der Waals surface area contributed by atoms with E-state index in [1.807, 2.05) is 18.2 Å². The summed E-state index contributed by atoms with van der Waals surface area (Å²) in [6.07, 6.45) is 3.10. The first-order valence-electron chi connectivity index (χ1n) is 11.5. The fourth-order valence-electron chi connectivity index (χ4n) is 4.32. The lowest BCUT2D eigenvalue weighted by Gasteiger charge is -2.35. The normalized spacial score (nSPS) is 18.1. The van der Waals surface area contributed by atoms with E-state index in [9.17, 15) is 0 Å². The summed E-state index contributed by atoms with van der Waals surface area (Å²) in [5.74, 6) is 3.50. The number of benzene rings is 2. The number of piperidine rings is 1. The number of ether oxygens (including phenoxy) is 3. The summed E-state index contributed by atoms with van der Waals surface area (Å²) in [5.41, 5.74) is 2.41. The van der Waals surface area contributed by atoms with Gasteiger partial charge in [-0.05, 0) is 31.4 Å². The zero-order chi connectivity index (χ0) is 22.3. The predicted octanol–water partition coefficient (Wildman–Crippen LogP) is 3.85. The maximum absolute atomic E-state index is 6.04. The molecular formula is C25H35IN4O3. The molecule has 8 heteroatoms. The first-order valence-corrected chi connectivity index (χ1v) is 11.5. The number of hydrogen-bond donors (Lipinski definition) is 2. The number of fused-ring (bicyclic) bond motifs is 1. The van der Waals surface area contributed by atoms with Crippen molar-refractivity contribution in [1.82, 2.24) is 10.6 Å². The Labute approximate surface area is 213 Å². The highest BCUT2D eigenvalue weighted by Gasteiger charge is 2.23. The van der Waals surface area contributed by atoms with Crippen LogP contribution in [-0.4, -0.2) is 58.5 Å². The summed E-state index contributed by atoms with van der Waals surface area (Å²) in [5, 5.41) is 7.01. The third-order valence-electron chi connectivity index (χ3n) is 6.05. The van der Waals surface area contributed by atoms with Gasteiger partial charge in [0.1, 0.15) is 23.4 Å². The van der Waals surface area contributed by atoms with Crippen LogP contribution in [0.3, 0.4) is 0 Å². The third kappa shape index (κ3) is 6.59. The SMILES string of the molecule is CCNC(=NCC1Cc2ccccc2O1)NC1CCN(c2cc(OC)cc(OC)c2)CC1.I. The molecule has 1 atom stereocenters. The van der Waals surface area contributed by atoms with Crippen molar-refractivity contribution in [3.8, 4) is 17.2 Å². The predicted molar refractivity (Wildman–Crippen MR) is 144 cm³/mol. The number of para-hydroxylation sites is 1. The number of methoxy groups -OCH3 is 2. The molecule has 0 saturated carbocycles. The van der Waals surface area contributed by atoms with Gasteiger partial charge in [-0.1, -0.05) is 18.2 Å². The Balaban J connectivity index is 0.00000306. The molecule has 2 aliphatic heterocycles. The van der Waals surface area contributed by atoms with Gasteiger partial charge in [0.25, 0.3) is 0 Å². The molecule has 33 heavy (non-hydrogen) atoms. The Morgan fingerprint density at radius 1 is 1.09 bits per heavy atom. The number of anilines is 1. The van der Waals surface area contributed by atoms with Crippen LogP contribution in [-0.2, 0) is 6.42 Å². The molecule has 1 saturated heterocycles. The molecule has 0 aromatic heterocycles. The Kier molecular flexibility index (Phi) is 9.34. The van der Waals surface area contributed by atoms with Crippen molar-refractivity contribution in [2.24, 2.45) is 4.99 Å². The summed E-state index contributed by atoms with van der Waals surface area (Å²) in [6, 6.07) is 14.7. The van der Waals surface area contributed by atoms with E-state index >= 15 is 0 Å². The van der Waals surface area contributed by atoms with E-state index in [-0.39, 0.29) is 30.1 Å². The van der Waals surface area contributed by atoms with Crippen LogP contribution in [0.15, 0.2) is 47.5 Å². The molecule has 180 valence electrons. The van der Waals surface area contributed by atoms with Gasteiger partial charge in [0.2, 0.25) is 0 Å². The second-order valence-electron chi connectivity index (χ2n) is 8.25. The monoisotopic (exact) mass is 566 g/mol. The molecule has 2 N–H and O–H groups in total. The van der Waals surface area contributed by atoms with Crippen molar-refractivity contribution >= 4 is 35.6 Å². The fraction of sp³-hybridized carbons (Fsp3) is 0.480. The van der Waals surface area contributed by atoms with Crippen LogP contribution in [0.5, 0.6) is 17.2 Å². The minimum atomic E-state index is 0. The van der Waals surface area contributed by atoms with Crippen molar-refractivity contribution in [2.75, 3.05) is 45.3 Å². The van der Waals surface area contributed by atoms with Crippen LogP contribution in [0.25, 0.3) is 0 Å². The van der Waals surface area contributed by atoms with Crippen molar-refractivity contribution in [1.29, 1.82) is 0 Å². The number of nitrogens with zero attached hydrogens (tertiary/aromatic N) is 2. The standard InChI is InChI=1S/C25H34N4O3.HI/c1-4-26-25(27-17-23-13-18-7-5-6-8-24(18)32-23)28-19-9-11-29(12-10-19)20-14-21(30-2)16-22(15-20)31-3;/h5-8,14-16,19,23H,4,9-13,17H2,1-3H3,(H2,26,27,28);1H. The van der Waals surface area contributed by atoms with Crippen LogP contribution >= 0.6 is 24.0 Å². The molecule has 2 aromatic carbocycles. The van der Waals surface area contributed by atoms with Crippen LogP contribution in [0, 0.1) is 0 Å². The number of rotatable bonds is 7. The average molecular weight is 566 g/mol. The number of nitrogens with one attached hydrogen (secondary N) is 2. The molecule has 0 bridgehead atoms. The van der Waals surface area contributed by atoms with Gasteiger partial charge in [0, 0.05) is 56.0 Å². The molecule has 0 aliphatic carbocycles.